The van der Waals surface area contributed by atoms with Gasteiger partial charge in [-0.05, 0) is 36.6 Å². The van der Waals surface area contributed by atoms with Crippen molar-refractivity contribution in [3.8, 4) is 0 Å². The maximum absolute atomic E-state index is 12.5. The predicted octanol–water partition coefficient (Wildman–Crippen LogP) is 3.54. The number of rotatable bonds is 7. The van der Waals surface area contributed by atoms with Crippen LogP contribution in [0.5, 0.6) is 0 Å². The Morgan fingerprint density at radius 1 is 1.20 bits per heavy atom. The van der Waals surface area contributed by atoms with Gasteiger partial charge >= 0.3 is 0 Å². The van der Waals surface area contributed by atoms with Gasteiger partial charge in [0, 0.05) is 17.0 Å². The number of carbonyl (C=O) groups is 2. The van der Waals surface area contributed by atoms with E-state index in [1.165, 1.54) is 11.3 Å². The van der Waals surface area contributed by atoms with Crippen LogP contribution in [0.25, 0.3) is 0 Å². The van der Waals surface area contributed by atoms with Gasteiger partial charge in [0.2, 0.25) is 11.0 Å². The molecule has 0 fully saturated rings. The third kappa shape index (κ3) is 5.51. The van der Waals surface area contributed by atoms with Crippen molar-refractivity contribution < 1.29 is 9.59 Å². The fraction of sp³-hybridized carbons (Fsp3) is 0.412. The Morgan fingerprint density at radius 2 is 1.88 bits per heavy atom. The minimum Gasteiger partial charge on any atom is -0.340 e. The average Bonchev–Trinajstić information content (AvgIpc) is 3.00. The number of carbonyl (C=O) groups excluding carboxylic acids is 2. The van der Waals surface area contributed by atoms with E-state index < -0.39 is 6.04 Å². The van der Waals surface area contributed by atoms with Gasteiger partial charge in [-0.3, -0.25) is 14.9 Å². The van der Waals surface area contributed by atoms with Crippen molar-refractivity contribution in [3.05, 3.63) is 39.9 Å². The number of aromatic nitrogens is 2. The summed E-state index contributed by atoms with van der Waals surface area (Å²) in [7, 11) is 0. The Bertz CT molecular complexity index is 731. The molecule has 0 aliphatic heterocycles. The van der Waals surface area contributed by atoms with Crippen molar-refractivity contribution in [2.75, 3.05) is 5.32 Å². The molecule has 2 amide bonds. The van der Waals surface area contributed by atoms with Crippen LogP contribution in [-0.4, -0.2) is 28.1 Å². The summed E-state index contributed by atoms with van der Waals surface area (Å²) in [4.78, 5) is 24.9. The quantitative estimate of drug-likeness (QED) is 0.769. The normalized spacial score (nSPS) is 12.0. The lowest BCUT2D eigenvalue weighted by atomic mass is 10.0. The maximum Gasteiger partial charge on any atom is 0.251 e. The Balaban J connectivity index is 2.04. The molecule has 8 heteroatoms. The first kappa shape index (κ1) is 19.3. The number of benzene rings is 1. The van der Waals surface area contributed by atoms with Crippen LogP contribution in [0, 0.1) is 5.92 Å². The fourth-order valence-electron chi connectivity index (χ4n) is 2.16. The van der Waals surface area contributed by atoms with Gasteiger partial charge in [0.25, 0.3) is 5.91 Å². The first-order valence-corrected chi connectivity index (χ1v) is 9.29. The largest absolute Gasteiger partial charge is 0.340 e. The molecular formula is C17H21ClN4O2S. The van der Waals surface area contributed by atoms with Crippen LogP contribution >= 0.6 is 22.9 Å². The molecule has 2 aromatic rings. The molecule has 134 valence electrons. The highest BCUT2D eigenvalue weighted by molar-refractivity contribution is 7.15. The standard InChI is InChI=1S/C17H21ClN4O2S/c1-4-5-13-21-22-17(25-13)20-16(24)14(10(2)3)19-15(23)11-6-8-12(18)9-7-11/h6-10,14H,4-5H2,1-3H3,(H,19,23)(H,20,22,24). The third-order valence-electron chi connectivity index (χ3n) is 3.50. The van der Waals surface area contributed by atoms with Crippen LogP contribution in [0.3, 0.4) is 0 Å². The number of anilines is 1. The van der Waals surface area contributed by atoms with E-state index in [9.17, 15) is 9.59 Å². The average molecular weight is 381 g/mol. The van der Waals surface area contributed by atoms with Gasteiger partial charge in [0.1, 0.15) is 11.0 Å². The van der Waals surface area contributed by atoms with E-state index >= 15 is 0 Å². The van der Waals surface area contributed by atoms with Crippen LogP contribution in [0.1, 0.15) is 42.6 Å². The fourth-order valence-corrected chi connectivity index (χ4v) is 3.13. The highest BCUT2D eigenvalue weighted by atomic mass is 35.5. The van der Waals surface area contributed by atoms with Crippen molar-refractivity contribution in [1.82, 2.24) is 15.5 Å². The molecular weight excluding hydrogens is 360 g/mol. The third-order valence-corrected chi connectivity index (χ3v) is 4.65. The molecule has 25 heavy (non-hydrogen) atoms. The summed E-state index contributed by atoms with van der Waals surface area (Å²) >= 11 is 7.18. The van der Waals surface area contributed by atoms with E-state index in [0.717, 1.165) is 17.8 Å². The number of hydrogen-bond acceptors (Lipinski definition) is 5. The summed E-state index contributed by atoms with van der Waals surface area (Å²) in [6.07, 6.45) is 1.79. The second kappa shape index (κ2) is 8.92. The van der Waals surface area contributed by atoms with Gasteiger partial charge in [0.05, 0.1) is 0 Å². The van der Waals surface area contributed by atoms with Crippen LogP contribution < -0.4 is 10.6 Å². The van der Waals surface area contributed by atoms with E-state index in [4.69, 9.17) is 11.6 Å². The van der Waals surface area contributed by atoms with Crippen LogP contribution in [0.2, 0.25) is 5.02 Å². The molecule has 1 unspecified atom stereocenters. The number of nitrogens with zero attached hydrogens (tertiary/aromatic N) is 2. The SMILES string of the molecule is CCCc1nnc(NC(=O)C(NC(=O)c2ccc(Cl)cc2)C(C)C)s1. The number of halogens is 1. The lowest BCUT2D eigenvalue weighted by Crippen LogP contribution is -2.47. The first-order chi connectivity index (χ1) is 11.9. The second-order valence-electron chi connectivity index (χ2n) is 5.94. The summed E-state index contributed by atoms with van der Waals surface area (Å²) in [5, 5.41) is 15.4. The lowest BCUT2D eigenvalue weighted by Gasteiger charge is -2.21. The van der Waals surface area contributed by atoms with Gasteiger partial charge < -0.3 is 5.32 Å². The Morgan fingerprint density at radius 3 is 2.48 bits per heavy atom. The van der Waals surface area contributed by atoms with E-state index in [2.05, 4.69) is 27.8 Å². The lowest BCUT2D eigenvalue weighted by molar-refractivity contribution is -0.118. The summed E-state index contributed by atoms with van der Waals surface area (Å²) in [6, 6.07) is 5.83. The van der Waals surface area contributed by atoms with Gasteiger partial charge in [-0.1, -0.05) is 43.7 Å². The van der Waals surface area contributed by atoms with Crippen molar-refractivity contribution in [2.45, 2.75) is 39.7 Å². The number of nitrogens with one attached hydrogen (secondary N) is 2. The zero-order valence-corrected chi connectivity index (χ0v) is 15.9. The number of hydrogen-bond donors (Lipinski definition) is 2. The molecule has 6 nitrogen and oxygen atoms in total. The molecule has 2 rings (SSSR count). The topological polar surface area (TPSA) is 84.0 Å². The summed E-state index contributed by atoms with van der Waals surface area (Å²) in [5.41, 5.74) is 0.448. The van der Waals surface area contributed by atoms with Gasteiger partial charge in [-0.2, -0.15) is 0 Å². The van der Waals surface area contributed by atoms with Gasteiger partial charge in [-0.25, -0.2) is 0 Å². The van der Waals surface area contributed by atoms with Crippen molar-refractivity contribution in [2.24, 2.45) is 5.92 Å². The molecule has 1 aromatic carbocycles. The molecule has 1 atom stereocenters. The van der Waals surface area contributed by atoms with Crippen molar-refractivity contribution in [3.63, 3.8) is 0 Å². The van der Waals surface area contributed by atoms with E-state index in [0.29, 0.717) is 15.7 Å². The van der Waals surface area contributed by atoms with Gasteiger partial charge in [0.15, 0.2) is 0 Å². The van der Waals surface area contributed by atoms with Gasteiger partial charge in [-0.15, -0.1) is 10.2 Å². The molecule has 0 bridgehead atoms. The molecule has 1 aromatic heterocycles. The number of aryl methyl sites for hydroxylation is 1. The Kier molecular flexibility index (Phi) is 6.90. The van der Waals surface area contributed by atoms with E-state index in [1.54, 1.807) is 24.3 Å². The summed E-state index contributed by atoms with van der Waals surface area (Å²) in [5.74, 6) is -0.717. The second-order valence-corrected chi connectivity index (χ2v) is 7.44. The van der Waals surface area contributed by atoms with E-state index in [1.807, 2.05) is 13.8 Å². The molecule has 0 spiro atoms. The molecule has 2 N–H and O–H groups in total. The molecule has 0 aliphatic carbocycles. The predicted molar refractivity (Wildman–Crippen MR) is 100 cm³/mol. The molecule has 0 saturated carbocycles. The molecule has 1 heterocycles. The highest BCUT2D eigenvalue weighted by Crippen LogP contribution is 2.18. The smallest absolute Gasteiger partial charge is 0.251 e. The summed E-state index contributed by atoms with van der Waals surface area (Å²) < 4.78 is 0. The Labute approximate surface area is 156 Å². The first-order valence-electron chi connectivity index (χ1n) is 8.10. The Hall–Kier alpha value is -1.99. The minimum atomic E-state index is -0.679. The van der Waals surface area contributed by atoms with Crippen molar-refractivity contribution in [1.29, 1.82) is 0 Å². The van der Waals surface area contributed by atoms with Crippen molar-refractivity contribution >= 4 is 39.9 Å². The van der Waals surface area contributed by atoms with E-state index in [-0.39, 0.29) is 17.7 Å². The molecule has 0 radical (unpaired) electrons. The zero-order valence-electron chi connectivity index (χ0n) is 14.4. The summed E-state index contributed by atoms with van der Waals surface area (Å²) in [6.45, 7) is 5.80. The maximum atomic E-state index is 12.5. The zero-order chi connectivity index (χ0) is 18.4. The van der Waals surface area contributed by atoms with Crippen LogP contribution in [0.4, 0.5) is 5.13 Å². The molecule has 0 saturated heterocycles. The highest BCUT2D eigenvalue weighted by Gasteiger charge is 2.25. The van der Waals surface area contributed by atoms with Crippen LogP contribution in [0.15, 0.2) is 24.3 Å². The monoisotopic (exact) mass is 380 g/mol. The number of amides is 2. The molecule has 0 aliphatic rings. The van der Waals surface area contributed by atoms with Crippen LogP contribution in [-0.2, 0) is 11.2 Å². The minimum absolute atomic E-state index is 0.0840.